The fourth-order valence-electron chi connectivity index (χ4n) is 3.74. The Morgan fingerprint density at radius 1 is 0.933 bits per heavy atom. The van der Waals surface area contributed by atoms with E-state index in [-0.39, 0.29) is 19.0 Å². The molecule has 2 aromatic carbocycles. The zero-order chi connectivity index (χ0) is 21.1. The van der Waals surface area contributed by atoms with Gasteiger partial charge >= 0.3 is 0 Å². The van der Waals surface area contributed by atoms with Crippen LogP contribution in [0.25, 0.3) is 10.9 Å². The first-order valence-electron chi connectivity index (χ1n) is 10.2. The molecule has 6 nitrogen and oxygen atoms in total. The van der Waals surface area contributed by atoms with Crippen LogP contribution in [0, 0.1) is 0 Å². The Hall–Kier alpha value is -2.77. The molecule has 3 aromatic rings. The van der Waals surface area contributed by atoms with Gasteiger partial charge in [-0.25, -0.2) is 13.4 Å². The smallest absolute Gasteiger partial charge is 0.272 e. The van der Waals surface area contributed by atoms with Crippen molar-refractivity contribution in [3.05, 3.63) is 71.9 Å². The molecule has 1 aliphatic heterocycles. The number of nitrogens with zero attached hydrogens (tertiary/aromatic N) is 3. The van der Waals surface area contributed by atoms with Crippen LogP contribution in [0.1, 0.15) is 29.4 Å². The van der Waals surface area contributed by atoms with Gasteiger partial charge in [0, 0.05) is 31.6 Å². The van der Waals surface area contributed by atoms with Gasteiger partial charge in [0.25, 0.3) is 5.91 Å². The maximum atomic E-state index is 13.0. The van der Waals surface area contributed by atoms with Crippen molar-refractivity contribution in [2.75, 3.05) is 26.2 Å². The number of hydrogen-bond acceptors (Lipinski definition) is 4. The van der Waals surface area contributed by atoms with E-state index < -0.39 is 10.0 Å². The second kappa shape index (κ2) is 8.53. The summed E-state index contributed by atoms with van der Waals surface area (Å²) >= 11 is 0. The molecule has 1 fully saturated rings. The summed E-state index contributed by atoms with van der Waals surface area (Å²) in [5, 5.41) is 0.981. The Balaban J connectivity index is 1.44. The highest BCUT2D eigenvalue weighted by molar-refractivity contribution is 7.89. The normalized spacial score (nSPS) is 15.4. The predicted octanol–water partition coefficient (Wildman–Crippen LogP) is 3.33. The van der Waals surface area contributed by atoms with E-state index >= 15 is 0 Å². The average Bonchev–Trinajstić information content (AvgIpc) is 2.79. The van der Waals surface area contributed by atoms with Crippen LogP contribution in [-0.4, -0.2) is 54.7 Å². The second-order valence-electron chi connectivity index (χ2n) is 7.48. The van der Waals surface area contributed by atoms with Crippen molar-refractivity contribution in [2.24, 2.45) is 0 Å². The Kier molecular flexibility index (Phi) is 5.83. The van der Waals surface area contributed by atoms with Gasteiger partial charge in [-0.05, 0) is 36.2 Å². The maximum Gasteiger partial charge on any atom is 0.272 e. The number of carbonyl (C=O) groups is 1. The second-order valence-corrected chi connectivity index (χ2v) is 9.42. The molecule has 0 aliphatic carbocycles. The van der Waals surface area contributed by atoms with Gasteiger partial charge in [-0.1, -0.05) is 49.7 Å². The maximum absolute atomic E-state index is 13.0. The van der Waals surface area contributed by atoms with Gasteiger partial charge in [-0.3, -0.25) is 4.79 Å². The molecule has 0 radical (unpaired) electrons. The number of rotatable bonds is 5. The standard InChI is InChI=1S/C23H25N3O3S/c1-2-5-18-8-11-20(12-9-18)30(28,29)26-16-14-25(15-17-26)23(27)22-13-10-19-6-3-4-7-21(19)24-22/h3-4,6-13H,2,5,14-17H2,1H3. The Labute approximate surface area is 177 Å². The van der Waals surface area contributed by atoms with Gasteiger partial charge in [-0.2, -0.15) is 4.31 Å². The van der Waals surface area contributed by atoms with Crippen molar-refractivity contribution in [1.29, 1.82) is 0 Å². The Morgan fingerprint density at radius 2 is 1.63 bits per heavy atom. The van der Waals surface area contributed by atoms with Crippen molar-refractivity contribution in [3.63, 3.8) is 0 Å². The van der Waals surface area contributed by atoms with Gasteiger partial charge in [0.15, 0.2) is 0 Å². The number of piperazine rings is 1. The largest absolute Gasteiger partial charge is 0.335 e. The lowest BCUT2D eigenvalue weighted by molar-refractivity contribution is 0.0692. The van der Waals surface area contributed by atoms with Crippen molar-refractivity contribution in [3.8, 4) is 0 Å². The number of para-hydroxylation sites is 1. The van der Waals surface area contributed by atoms with E-state index in [1.54, 1.807) is 23.1 Å². The zero-order valence-electron chi connectivity index (χ0n) is 17.0. The first-order chi connectivity index (χ1) is 14.5. The molecule has 0 atom stereocenters. The summed E-state index contributed by atoms with van der Waals surface area (Å²) in [6.07, 6.45) is 1.96. The molecule has 4 rings (SSSR count). The van der Waals surface area contributed by atoms with E-state index in [1.807, 2.05) is 42.5 Å². The predicted molar refractivity (Wildman–Crippen MR) is 117 cm³/mol. The number of carbonyl (C=O) groups excluding carboxylic acids is 1. The van der Waals surface area contributed by atoms with Gasteiger partial charge in [0.1, 0.15) is 5.69 Å². The number of aromatic nitrogens is 1. The van der Waals surface area contributed by atoms with Crippen LogP contribution >= 0.6 is 0 Å². The van der Waals surface area contributed by atoms with Crippen molar-refractivity contribution >= 4 is 26.8 Å². The summed E-state index contributed by atoms with van der Waals surface area (Å²) in [6.45, 7) is 3.34. The van der Waals surface area contributed by atoms with Crippen LogP contribution < -0.4 is 0 Å². The minimum atomic E-state index is -3.56. The third kappa shape index (κ3) is 4.08. The minimum Gasteiger partial charge on any atom is -0.335 e. The lowest BCUT2D eigenvalue weighted by Crippen LogP contribution is -2.50. The molecule has 0 unspecified atom stereocenters. The molecule has 30 heavy (non-hydrogen) atoms. The first-order valence-corrected chi connectivity index (χ1v) is 11.7. The monoisotopic (exact) mass is 423 g/mol. The van der Waals surface area contributed by atoms with E-state index in [4.69, 9.17) is 0 Å². The van der Waals surface area contributed by atoms with E-state index in [0.29, 0.717) is 23.7 Å². The molecule has 1 aromatic heterocycles. The van der Waals surface area contributed by atoms with Crippen molar-refractivity contribution < 1.29 is 13.2 Å². The summed E-state index contributed by atoms with van der Waals surface area (Å²) in [5.74, 6) is -0.165. The zero-order valence-corrected chi connectivity index (χ0v) is 17.8. The van der Waals surface area contributed by atoms with E-state index in [0.717, 1.165) is 29.3 Å². The minimum absolute atomic E-state index is 0.165. The number of amides is 1. The Morgan fingerprint density at radius 3 is 2.33 bits per heavy atom. The Bertz CT molecular complexity index is 1150. The molecular formula is C23H25N3O3S. The van der Waals surface area contributed by atoms with Gasteiger partial charge in [0.2, 0.25) is 10.0 Å². The molecule has 2 heterocycles. The van der Waals surface area contributed by atoms with Crippen molar-refractivity contribution in [1.82, 2.24) is 14.2 Å². The summed E-state index contributed by atoms with van der Waals surface area (Å²) in [5.41, 5.74) is 2.29. The average molecular weight is 424 g/mol. The first kappa shape index (κ1) is 20.5. The molecular weight excluding hydrogens is 398 g/mol. The van der Waals surface area contributed by atoms with Crippen LogP contribution in [0.3, 0.4) is 0 Å². The van der Waals surface area contributed by atoms with Crippen LogP contribution in [0.2, 0.25) is 0 Å². The summed E-state index contributed by atoms with van der Waals surface area (Å²) in [7, 11) is -3.56. The summed E-state index contributed by atoms with van der Waals surface area (Å²) in [6, 6.07) is 18.4. The lowest BCUT2D eigenvalue weighted by atomic mass is 10.1. The fourth-order valence-corrected chi connectivity index (χ4v) is 5.17. The van der Waals surface area contributed by atoms with E-state index in [9.17, 15) is 13.2 Å². The molecule has 0 saturated carbocycles. The van der Waals surface area contributed by atoms with Crippen LogP contribution in [0.15, 0.2) is 65.6 Å². The molecule has 1 saturated heterocycles. The van der Waals surface area contributed by atoms with Crippen LogP contribution in [0.4, 0.5) is 0 Å². The summed E-state index contributed by atoms with van der Waals surface area (Å²) in [4.78, 5) is 19.3. The number of pyridine rings is 1. The quantitative estimate of drug-likeness (QED) is 0.631. The van der Waals surface area contributed by atoms with Crippen LogP contribution in [0.5, 0.6) is 0 Å². The molecule has 1 amide bonds. The molecule has 0 spiro atoms. The van der Waals surface area contributed by atoms with Crippen molar-refractivity contribution in [2.45, 2.75) is 24.7 Å². The van der Waals surface area contributed by atoms with Gasteiger partial charge in [0.05, 0.1) is 10.4 Å². The third-order valence-electron chi connectivity index (χ3n) is 5.44. The number of aryl methyl sites for hydroxylation is 1. The highest BCUT2D eigenvalue weighted by Gasteiger charge is 2.30. The molecule has 1 aliphatic rings. The number of benzene rings is 2. The SMILES string of the molecule is CCCc1ccc(S(=O)(=O)N2CCN(C(=O)c3ccc4ccccc4n3)CC2)cc1. The number of hydrogen-bond donors (Lipinski definition) is 0. The molecule has 0 bridgehead atoms. The third-order valence-corrected chi connectivity index (χ3v) is 7.36. The van der Waals surface area contributed by atoms with Gasteiger partial charge in [-0.15, -0.1) is 0 Å². The topological polar surface area (TPSA) is 70.6 Å². The highest BCUT2D eigenvalue weighted by Crippen LogP contribution is 2.20. The van der Waals surface area contributed by atoms with E-state index in [2.05, 4.69) is 11.9 Å². The van der Waals surface area contributed by atoms with Gasteiger partial charge < -0.3 is 4.90 Å². The van der Waals surface area contributed by atoms with Crippen LogP contribution in [-0.2, 0) is 16.4 Å². The molecule has 0 N–H and O–H groups in total. The molecule has 7 heteroatoms. The van der Waals surface area contributed by atoms with E-state index in [1.165, 1.54) is 4.31 Å². The fraction of sp³-hybridized carbons (Fsp3) is 0.304. The number of fused-ring (bicyclic) bond motifs is 1. The number of sulfonamides is 1. The summed E-state index contributed by atoms with van der Waals surface area (Å²) < 4.78 is 27.4. The highest BCUT2D eigenvalue weighted by atomic mass is 32.2. The molecule has 156 valence electrons. The lowest BCUT2D eigenvalue weighted by Gasteiger charge is -2.33.